The number of unbranched alkanes of at least 4 members (excludes halogenated alkanes) is 1. The third-order valence-electron chi connectivity index (χ3n) is 1.33. The molecule has 0 rings (SSSR count). The maximum Gasteiger partial charge on any atom is 0.312 e. The van der Waals surface area contributed by atoms with E-state index in [-0.39, 0.29) is 0 Å². The monoisotopic (exact) mass is 159 g/mol. The molecule has 0 heterocycles. The van der Waals surface area contributed by atoms with E-state index in [0.717, 1.165) is 19.4 Å². The number of amides is 2. The van der Waals surface area contributed by atoms with E-state index in [9.17, 15) is 4.79 Å². The average Bonchev–Trinajstić information content (AvgIpc) is 1.85. The quantitative estimate of drug-likeness (QED) is 0.555. The maximum absolute atomic E-state index is 10.2. The number of nitrogens with zero attached hydrogens (tertiary/aromatic N) is 1. The summed E-state index contributed by atoms with van der Waals surface area (Å²) in [6.07, 6.45) is 2.08. The first-order valence-electron chi connectivity index (χ1n) is 3.81. The number of rotatable bonds is 5. The molecule has 0 aromatic heterocycles. The lowest BCUT2D eigenvalue weighted by Crippen LogP contribution is -2.30. The van der Waals surface area contributed by atoms with Gasteiger partial charge >= 0.3 is 6.03 Å². The second-order valence-electron chi connectivity index (χ2n) is 2.80. The smallest absolute Gasteiger partial charge is 0.312 e. The fourth-order valence-corrected chi connectivity index (χ4v) is 0.765. The van der Waals surface area contributed by atoms with E-state index in [4.69, 9.17) is 5.73 Å². The molecule has 0 aliphatic carbocycles. The third kappa shape index (κ3) is 9.23. The van der Waals surface area contributed by atoms with Crippen LogP contribution in [0.5, 0.6) is 0 Å². The molecule has 3 N–H and O–H groups in total. The summed E-state index contributed by atoms with van der Waals surface area (Å²) in [5.41, 5.74) is 4.87. The van der Waals surface area contributed by atoms with E-state index in [1.54, 1.807) is 0 Å². The van der Waals surface area contributed by atoms with Gasteiger partial charge in [0.05, 0.1) is 0 Å². The van der Waals surface area contributed by atoms with Crippen LogP contribution in [-0.4, -0.2) is 38.1 Å². The second-order valence-corrected chi connectivity index (χ2v) is 2.80. The molecule has 0 spiro atoms. The van der Waals surface area contributed by atoms with Gasteiger partial charge in [-0.1, -0.05) is 0 Å². The van der Waals surface area contributed by atoms with Gasteiger partial charge in [-0.15, -0.1) is 0 Å². The van der Waals surface area contributed by atoms with E-state index < -0.39 is 6.03 Å². The summed E-state index contributed by atoms with van der Waals surface area (Å²) < 4.78 is 0. The highest BCUT2D eigenvalue weighted by molar-refractivity contribution is 5.71. The lowest BCUT2D eigenvalue weighted by molar-refractivity contribution is 0.248. The Labute approximate surface area is 67.7 Å². The minimum Gasteiger partial charge on any atom is -0.352 e. The Bertz CT molecular complexity index is 114. The fourth-order valence-electron chi connectivity index (χ4n) is 0.765. The zero-order valence-electron chi connectivity index (χ0n) is 7.26. The van der Waals surface area contributed by atoms with E-state index in [1.807, 2.05) is 14.1 Å². The van der Waals surface area contributed by atoms with Crippen LogP contribution in [0.1, 0.15) is 12.8 Å². The average molecular weight is 159 g/mol. The van der Waals surface area contributed by atoms with Crippen molar-refractivity contribution >= 4 is 6.03 Å². The summed E-state index contributed by atoms with van der Waals surface area (Å²) in [7, 11) is 4.06. The van der Waals surface area contributed by atoms with Crippen molar-refractivity contribution in [2.24, 2.45) is 5.73 Å². The molecule has 0 fully saturated rings. The van der Waals surface area contributed by atoms with Gasteiger partial charge in [0.2, 0.25) is 0 Å². The Morgan fingerprint density at radius 1 is 1.45 bits per heavy atom. The summed E-state index contributed by atoms with van der Waals surface area (Å²) in [4.78, 5) is 12.3. The first kappa shape index (κ1) is 10.2. The highest BCUT2D eigenvalue weighted by atomic mass is 16.2. The van der Waals surface area contributed by atoms with E-state index in [1.165, 1.54) is 0 Å². The number of carbonyl (C=O) groups is 1. The SMILES string of the molecule is CN(C)CCCCNC(N)=O. The van der Waals surface area contributed by atoms with Crippen LogP contribution in [0.15, 0.2) is 0 Å². The van der Waals surface area contributed by atoms with Crippen molar-refractivity contribution in [3.63, 3.8) is 0 Å². The Kier molecular flexibility index (Phi) is 5.56. The highest BCUT2D eigenvalue weighted by Gasteiger charge is 1.92. The number of primary amides is 1. The molecule has 0 radical (unpaired) electrons. The number of hydrogen-bond donors (Lipinski definition) is 2. The van der Waals surface area contributed by atoms with Crippen LogP contribution in [0.4, 0.5) is 4.79 Å². The molecule has 4 heteroatoms. The molecule has 0 saturated carbocycles. The summed E-state index contributed by atoms with van der Waals surface area (Å²) in [6.45, 7) is 1.74. The van der Waals surface area contributed by atoms with Crippen LogP contribution in [-0.2, 0) is 0 Å². The van der Waals surface area contributed by atoms with Crippen molar-refractivity contribution in [3.05, 3.63) is 0 Å². The summed E-state index contributed by atoms with van der Waals surface area (Å²) in [5.74, 6) is 0. The summed E-state index contributed by atoms with van der Waals surface area (Å²) in [6, 6.07) is -0.435. The topological polar surface area (TPSA) is 58.4 Å². The molecule has 2 amide bonds. The van der Waals surface area contributed by atoms with Crippen molar-refractivity contribution < 1.29 is 4.79 Å². The van der Waals surface area contributed by atoms with Crippen LogP contribution in [0.25, 0.3) is 0 Å². The van der Waals surface area contributed by atoms with Gasteiger partial charge in [-0.2, -0.15) is 0 Å². The first-order chi connectivity index (χ1) is 5.13. The van der Waals surface area contributed by atoms with Gasteiger partial charge in [0, 0.05) is 6.54 Å². The normalized spacial score (nSPS) is 10.1. The zero-order chi connectivity index (χ0) is 8.69. The molecule has 0 saturated heterocycles. The Morgan fingerprint density at radius 2 is 2.09 bits per heavy atom. The number of carbonyl (C=O) groups excluding carboxylic acids is 1. The number of nitrogens with one attached hydrogen (secondary N) is 1. The van der Waals surface area contributed by atoms with Crippen LogP contribution in [0, 0.1) is 0 Å². The van der Waals surface area contributed by atoms with Gasteiger partial charge < -0.3 is 16.0 Å². The lowest BCUT2D eigenvalue weighted by atomic mass is 10.3. The van der Waals surface area contributed by atoms with Gasteiger partial charge in [-0.3, -0.25) is 0 Å². The van der Waals surface area contributed by atoms with Crippen LogP contribution >= 0.6 is 0 Å². The minimum atomic E-state index is -0.435. The van der Waals surface area contributed by atoms with E-state index >= 15 is 0 Å². The Morgan fingerprint density at radius 3 is 2.55 bits per heavy atom. The molecule has 0 aliphatic heterocycles. The molecule has 0 aromatic carbocycles. The maximum atomic E-state index is 10.2. The number of urea groups is 1. The number of hydrogen-bond acceptors (Lipinski definition) is 2. The van der Waals surface area contributed by atoms with Gasteiger partial charge in [0.1, 0.15) is 0 Å². The van der Waals surface area contributed by atoms with Crippen LogP contribution in [0.3, 0.4) is 0 Å². The van der Waals surface area contributed by atoms with Crippen molar-refractivity contribution in [3.8, 4) is 0 Å². The first-order valence-corrected chi connectivity index (χ1v) is 3.81. The third-order valence-corrected chi connectivity index (χ3v) is 1.33. The van der Waals surface area contributed by atoms with Gasteiger partial charge in [-0.25, -0.2) is 4.79 Å². The van der Waals surface area contributed by atoms with Gasteiger partial charge in [0.15, 0.2) is 0 Å². The highest BCUT2D eigenvalue weighted by Crippen LogP contribution is 1.87. The zero-order valence-corrected chi connectivity index (χ0v) is 7.26. The van der Waals surface area contributed by atoms with Crippen LogP contribution in [0.2, 0.25) is 0 Å². The molecular weight excluding hydrogens is 142 g/mol. The molecule has 11 heavy (non-hydrogen) atoms. The molecule has 0 aromatic rings. The van der Waals surface area contributed by atoms with Gasteiger partial charge in [0.25, 0.3) is 0 Å². The molecule has 0 bridgehead atoms. The lowest BCUT2D eigenvalue weighted by Gasteiger charge is -2.08. The molecule has 0 unspecified atom stereocenters. The standard InChI is InChI=1S/C7H17N3O/c1-10(2)6-4-3-5-9-7(8)11/h3-6H2,1-2H3,(H3,8,9,11). The number of nitrogens with two attached hydrogens (primary N) is 1. The molecule has 66 valence electrons. The van der Waals surface area contributed by atoms with Crippen molar-refractivity contribution in [2.75, 3.05) is 27.2 Å². The van der Waals surface area contributed by atoms with E-state index in [0.29, 0.717) is 6.54 Å². The Balaban J connectivity index is 2.97. The summed E-state index contributed by atoms with van der Waals surface area (Å²) >= 11 is 0. The molecule has 0 aliphatic rings. The van der Waals surface area contributed by atoms with Crippen molar-refractivity contribution in [2.45, 2.75) is 12.8 Å². The molecule has 4 nitrogen and oxygen atoms in total. The van der Waals surface area contributed by atoms with Crippen molar-refractivity contribution in [1.29, 1.82) is 0 Å². The molecule has 0 atom stereocenters. The minimum absolute atomic E-state index is 0.435. The predicted molar refractivity (Wildman–Crippen MR) is 45.4 cm³/mol. The second kappa shape index (κ2) is 5.97. The fraction of sp³-hybridized carbons (Fsp3) is 0.857. The Hall–Kier alpha value is -0.770. The van der Waals surface area contributed by atoms with Crippen molar-refractivity contribution in [1.82, 2.24) is 10.2 Å². The van der Waals surface area contributed by atoms with E-state index in [2.05, 4.69) is 10.2 Å². The molecular formula is C7H17N3O. The van der Waals surface area contributed by atoms with Gasteiger partial charge in [-0.05, 0) is 33.5 Å². The van der Waals surface area contributed by atoms with Crippen LogP contribution < -0.4 is 11.1 Å². The summed E-state index contributed by atoms with van der Waals surface area (Å²) in [5, 5.41) is 2.54. The largest absolute Gasteiger partial charge is 0.352 e. The predicted octanol–water partition coefficient (Wildman–Crippen LogP) is -0.00350.